The summed E-state index contributed by atoms with van der Waals surface area (Å²) in [7, 11) is -12.4. The first-order valence-corrected chi connectivity index (χ1v) is 13.6. The summed E-state index contributed by atoms with van der Waals surface area (Å²) in [5.74, 6) is -1.99. The summed E-state index contributed by atoms with van der Waals surface area (Å²) in [6.07, 6.45) is 0.311. The molecule has 0 amide bonds. The zero-order chi connectivity index (χ0) is 29.2. The van der Waals surface area contributed by atoms with Gasteiger partial charge in [-0.15, -0.1) is 0 Å². The van der Waals surface area contributed by atoms with E-state index >= 15 is 0 Å². The van der Waals surface area contributed by atoms with Crippen molar-refractivity contribution >= 4 is 31.0 Å². The molecule has 0 radical (unpaired) electrons. The molecule has 4 rings (SSSR count). The molecule has 1 aliphatic rings. The molecule has 0 aliphatic heterocycles. The normalized spacial score (nSPS) is 15.6. The van der Waals surface area contributed by atoms with Crippen LogP contribution in [-0.2, 0) is 33.1 Å². The minimum absolute atomic E-state index is 0.0969. The summed E-state index contributed by atoms with van der Waals surface area (Å²) in [5.41, 5.74) is -12.8. The van der Waals surface area contributed by atoms with Crippen molar-refractivity contribution in [3.63, 3.8) is 0 Å². The second-order valence-corrected chi connectivity index (χ2v) is 12.5. The fraction of sp³-hybridized carbons (Fsp3) is 0.304. The second kappa shape index (κ2) is 8.98. The molecule has 208 valence electrons. The van der Waals surface area contributed by atoms with Gasteiger partial charge in [-0.1, -0.05) is 38.1 Å². The van der Waals surface area contributed by atoms with Crippen LogP contribution in [0.15, 0.2) is 36.4 Å². The van der Waals surface area contributed by atoms with E-state index in [1.807, 2.05) is 0 Å². The van der Waals surface area contributed by atoms with Crippen molar-refractivity contribution in [1.82, 2.24) is 4.98 Å². The van der Waals surface area contributed by atoms with E-state index in [1.165, 1.54) is 24.3 Å². The van der Waals surface area contributed by atoms with Crippen LogP contribution >= 0.6 is 0 Å². The van der Waals surface area contributed by atoms with E-state index in [-0.39, 0.29) is 40.4 Å². The number of rotatable bonds is 5. The number of hydrogen-bond acceptors (Lipinski definition) is 8. The number of fused-ring (bicyclic) bond motifs is 2. The highest BCUT2D eigenvalue weighted by molar-refractivity contribution is 7.88. The lowest BCUT2D eigenvalue weighted by Crippen LogP contribution is -2.29. The first-order valence-electron chi connectivity index (χ1n) is 10.8. The lowest BCUT2D eigenvalue weighted by molar-refractivity contribution is -0.0505. The molecule has 39 heavy (non-hydrogen) atoms. The Bertz CT molecular complexity index is 1760. The van der Waals surface area contributed by atoms with Crippen molar-refractivity contribution in [1.29, 1.82) is 5.26 Å². The molecule has 0 N–H and O–H groups in total. The highest BCUT2D eigenvalue weighted by atomic mass is 32.2. The number of aromatic nitrogens is 1. The molecule has 3 aromatic rings. The molecule has 1 aromatic heterocycles. The summed E-state index contributed by atoms with van der Waals surface area (Å²) in [5, 5.41) is 10.3. The Labute approximate surface area is 218 Å². The fourth-order valence-electron chi connectivity index (χ4n) is 4.30. The van der Waals surface area contributed by atoms with Crippen molar-refractivity contribution in [2.45, 2.75) is 37.7 Å². The Morgan fingerprint density at radius 3 is 2.10 bits per heavy atom. The number of hydrogen-bond donors (Lipinski definition) is 0. The Morgan fingerprint density at radius 1 is 0.923 bits per heavy atom. The molecule has 1 heterocycles. The summed E-state index contributed by atoms with van der Waals surface area (Å²) < 4.78 is 134. The maximum atomic E-state index is 13.1. The molecule has 0 bridgehead atoms. The van der Waals surface area contributed by atoms with Crippen molar-refractivity contribution in [2.75, 3.05) is 0 Å². The summed E-state index contributed by atoms with van der Waals surface area (Å²) >= 11 is 0. The van der Waals surface area contributed by atoms with Crippen LogP contribution in [0.5, 0.6) is 11.6 Å². The first kappa shape index (κ1) is 28.4. The summed E-state index contributed by atoms with van der Waals surface area (Å²) in [6, 6.07) is 9.31. The van der Waals surface area contributed by atoms with Crippen LogP contribution in [0.1, 0.15) is 30.7 Å². The minimum Gasteiger partial charge on any atom is -0.376 e. The predicted molar refractivity (Wildman–Crippen MR) is 124 cm³/mol. The standard InChI is InChI=1S/C23H16F6N2O6S2/c1-21(2)9-16-18(10-21)31-20(37-39(34,35)23(27,28)29)17(11-30)19(16)15-8-13(36-38(32,33)22(24,25)26)7-12-5-3-4-6-14(12)15/h3-8H,9-10H2,1-2H3. The molecular weight excluding hydrogens is 578 g/mol. The minimum atomic E-state index is -6.26. The zero-order valence-electron chi connectivity index (χ0n) is 19.8. The van der Waals surface area contributed by atoms with E-state index in [2.05, 4.69) is 13.4 Å². The number of nitriles is 1. The highest BCUT2D eigenvalue weighted by Crippen LogP contribution is 2.47. The van der Waals surface area contributed by atoms with Crippen molar-refractivity contribution in [2.24, 2.45) is 5.41 Å². The number of alkyl halides is 6. The Balaban J connectivity index is 2.08. The monoisotopic (exact) mass is 594 g/mol. The van der Waals surface area contributed by atoms with Gasteiger partial charge in [-0.25, -0.2) is 4.98 Å². The van der Waals surface area contributed by atoms with E-state index in [9.17, 15) is 48.4 Å². The zero-order valence-corrected chi connectivity index (χ0v) is 21.4. The van der Waals surface area contributed by atoms with Gasteiger partial charge in [0.2, 0.25) is 0 Å². The molecule has 2 aromatic carbocycles. The molecule has 0 atom stereocenters. The van der Waals surface area contributed by atoms with Gasteiger partial charge in [0.15, 0.2) is 0 Å². The summed E-state index contributed by atoms with van der Waals surface area (Å²) in [6.45, 7) is 3.54. The molecule has 16 heteroatoms. The maximum Gasteiger partial charge on any atom is 0.534 e. The smallest absolute Gasteiger partial charge is 0.376 e. The quantitative estimate of drug-likeness (QED) is 0.220. The average Bonchev–Trinajstić information content (AvgIpc) is 3.09. The molecule has 0 saturated heterocycles. The van der Waals surface area contributed by atoms with E-state index < -0.39 is 53.9 Å². The topological polar surface area (TPSA) is 123 Å². The van der Waals surface area contributed by atoms with E-state index in [0.717, 1.165) is 12.1 Å². The Kier molecular flexibility index (Phi) is 6.55. The molecule has 8 nitrogen and oxygen atoms in total. The fourth-order valence-corrected chi connectivity index (χ4v) is 5.17. The van der Waals surface area contributed by atoms with Crippen molar-refractivity contribution in [3.8, 4) is 28.8 Å². The highest BCUT2D eigenvalue weighted by Gasteiger charge is 2.50. The number of pyridine rings is 1. The van der Waals surface area contributed by atoms with Crippen LogP contribution in [0, 0.1) is 16.7 Å². The van der Waals surface area contributed by atoms with Gasteiger partial charge in [-0.05, 0) is 52.3 Å². The number of benzene rings is 2. The van der Waals surface area contributed by atoms with Gasteiger partial charge in [-0.3, -0.25) is 0 Å². The van der Waals surface area contributed by atoms with Crippen LogP contribution in [0.4, 0.5) is 26.3 Å². The molecule has 0 spiro atoms. The van der Waals surface area contributed by atoms with E-state index in [1.54, 1.807) is 19.9 Å². The molecule has 1 aliphatic carbocycles. The van der Waals surface area contributed by atoms with Crippen molar-refractivity contribution in [3.05, 3.63) is 53.2 Å². The van der Waals surface area contributed by atoms with Gasteiger partial charge in [-0.2, -0.15) is 48.4 Å². The van der Waals surface area contributed by atoms with E-state index in [4.69, 9.17) is 0 Å². The van der Waals surface area contributed by atoms with Gasteiger partial charge >= 0.3 is 31.3 Å². The summed E-state index contributed by atoms with van der Waals surface area (Å²) in [4.78, 5) is 3.90. The van der Waals surface area contributed by atoms with Gasteiger partial charge in [0.1, 0.15) is 17.4 Å². The average molecular weight is 595 g/mol. The third kappa shape index (κ3) is 5.20. The van der Waals surface area contributed by atoms with Crippen LogP contribution in [-0.4, -0.2) is 32.8 Å². The van der Waals surface area contributed by atoms with Gasteiger partial charge < -0.3 is 8.37 Å². The third-order valence-electron chi connectivity index (χ3n) is 5.83. The second-order valence-electron chi connectivity index (χ2n) is 9.38. The molecular formula is C23H16F6N2O6S2. The number of nitrogens with zero attached hydrogens (tertiary/aromatic N) is 2. The molecule has 0 saturated carbocycles. The van der Waals surface area contributed by atoms with Crippen LogP contribution < -0.4 is 8.37 Å². The first-order chi connectivity index (χ1) is 17.8. The van der Waals surface area contributed by atoms with Crippen molar-refractivity contribution < 1.29 is 51.5 Å². The van der Waals surface area contributed by atoms with Crippen LogP contribution in [0.3, 0.4) is 0 Å². The predicted octanol–water partition coefficient (Wildman–Crippen LogP) is 5.36. The molecule has 0 unspecified atom stereocenters. The largest absolute Gasteiger partial charge is 0.534 e. The van der Waals surface area contributed by atoms with Crippen LogP contribution in [0.25, 0.3) is 21.9 Å². The van der Waals surface area contributed by atoms with E-state index in [0.29, 0.717) is 5.56 Å². The Hall–Kier alpha value is -3.58. The van der Waals surface area contributed by atoms with Gasteiger partial charge in [0.25, 0.3) is 5.88 Å². The lowest BCUT2D eigenvalue weighted by atomic mass is 9.87. The SMILES string of the molecule is CC1(C)Cc2nc(OS(=O)(=O)C(F)(F)F)c(C#N)c(-c3cc(OS(=O)(=O)C(F)(F)F)cc4ccccc34)c2C1. The molecule has 0 fully saturated rings. The maximum absolute atomic E-state index is 13.1. The Morgan fingerprint density at radius 2 is 1.51 bits per heavy atom. The van der Waals surface area contributed by atoms with Crippen LogP contribution in [0.2, 0.25) is 0 Å². The van der Waals surface area contributed by atoms with Gasteiger partial charge in [0, 0.05) is 11.3 Å². The van der Waals surface area contributed by atoms with Gasteiger partial charge in [0.05, 0.1) is 0 Å². The lowest BCUT2D eigenvalue weighted by Gasteiger charge is -2.19. The third-order valence-corrected chi connectivity index (χ3v) is 7.75. The number of halogens is 6.